The van der Waals surface area contributed by atoms with Crippen molar-refractivity contribution in [3.05, 3.63) is 29.1 Å². The summed E-state index contributed by atoms with van der Waals surface area (Å²) >= 11 is 4.53. The van der Waals surface area contributed by atoms with Gasteiger partial charge >= 0.3 is 0 Å². The van der Waals surface area contributed by atoms with Crippen LogP contribution < -0.4 is 0 Å². The van der Waals surface area contributed by atoms with Crippen LogP contribution in [0, 0.1) is 5.82 Å². The second-order valence-electron chi connectivity index (χ2n) is 3.08. The number of thiocarbonyl (C=S) groups is 1. The maximum atomic E-state index is 13.2. The first-order valence-corrected chi connectivity index (χ1v) is 4.62. The van der Waals surface area contributed by atoms with Crippen LogP contribution in [0.5, 0.6) is 0 Å². The number of fused-ring (bicyclic) bond motifs is 1. The number of benzene rings is 1. The molecule has 0 aromatic heterocycles. The van der Waals surface area contributed by atoms with E-state index < -0.39 is 0 Å². The Hall–Kier alpha value is -1.05. The number of isothiocyanates is 1. The van der Waals surface area contributed by atoms with Crippen molar-refractivity contribution in [1.82, 2.24) is 0 Å². The van der Waals surface area contributed by atoms with E-state index in [9.17, 15) is 4.39 Å². The van der Waals surface area contributed by atoms with Crippen molar-refractivity contribution in [3.63, 3.8) is 0 Å². The molecule has 0 atom stereocenters. The van der Waals surface area contributed by atoms with Crippen molar-refractivity contribution in [2.24, 2.45) is 4.99 Å². The molecule has 0 radical (unpaired) electrons. The molecule has 0 bridgehead atoms. The lowest BCUT2D eigenvalue weighted by Crippen LogP contribution is -1.88. The predicted molar refractivity (Wildman–Crippen MR) is 53.1 cm³/mol. The van der Waals surface area contributed by atoms with Gasteiger partial charge in [0.1, 0.15) is 5.82 Å². The Morgan fingerprint density at radius 1 is 1.31 bits per heavy atom. The first-order valence-electron chi connectivity index (χ1n) is 4.21. The molecule has 0 saturated carbocycles. The van der Waals surface area contributed by atoms with Crippen LogP contribution in [-0.4, -0.2) is 5.16 Å². The Bertz CT molecular complexity index is 394. The lowest BCUT2D eigenvalue weighted by atomic mass is 10.1. The van der Waals surface area contributed by atoms with Crippen LogP contribution >= 0.6 is 12.2 Å². The summed E-state index contributed by atoms with van der Waals surface area (Å²) in [6.45, 7) is 0. The van der Waals surface area contributed by atoms with E-state index in [1.165, 1.54) is 6.07 Å². The van der Waals surface area contributed by atoms with E-state index in [0.717, 1.165) is 36.1 Å². The zero-order chi connectivity index (χ0) is 9.26. The van der Waals surface area contributed by atoms with Crippen LogP contribution in [-0.2, 0) is 12.8 Å². The van der Waals surface area contributed by atoms with E-state index in [2.05, 4.69) is 22.4 Å². The molecule has 2 rings (SSSR count). The van der Waals surface area contributed by atoms with E-state index >= 15 is 0 Å². The number of halogens is 1. The van der Waals surface area contributed by atoms with E-state index in [1.807, 2.05) is 0 Å². The molecule has 0 unspecified atom stereocenters. The summed E-state index contributed by atoms with van der Waals surface area (Å²) in [6, 6.07) is 3.12. The van der Waals surface area contributed by atoms with Crippen molar-refractivity contribution in [1.29, 1.82) is 0 Å². The summed E-state index contributed by atoms with van der Waals surface area (Å²) in [5.74, 6) is -0.115. The molecular weight excluding hydrogens is 185 g/mol. The van der Waals surface area contributed by atoms with Crippen LogP contribution in [0.4, 0.5) is 10.1 Å². The molecule has 1 nitrogen and oxygen atoms in total. The van der Waals surface area contributed by atoms with Gasteiger partial charge in [-0.05, 0) is 54.7 Å². The van der Waals surface area contributed by atoms with E-state index in [0.29, 0.717) is 0 Å². The molecule has 0 heterocycles. The fourth-order valence-electron chi connectivity index (χ4n) is 1.80. The van der Waals surface area contributed by atoms with Gasteiger partial charge in [0.15, 0.2) is 0 Å². The monoisotopic (exact) mass is 193 g/mol. The van der Waals surface area contributed by atoms with Crippen LogP contribution in [0.25, 0.3) is 0 Å². The Labute approximate surface area is 81.3 Å². The normalized spacial score (nSPS) is 13.6. The predicted octanol–water partition coefficient (Wildman–Crippen LogP) is 3.05. The molecule has 1 aromatic carbocycles. The highest BCUT2D eigenvalue weighted by Gasteiger charge is 2.18. The third-order valence-electron chi connectivity index (χ3n) is 2.37. The second-order valence-corrected chi connectivity index (χ2v) is 3.26. The average Bonchev–Trinajstić information content (AvgIpc) is 2.59. The largest absolute Gasteiger partial charge is 0.207 e. The van der Waals surface area contributed by atoms with E-state index in [1.54, 1.807) is 6.07 Å². The van der Waals surface area contributed by atoms with Gasteiger partial charge in [-0.2, -0.15) is 4.99 Å². The maximum absolute atomic E-state index is 13.2. The highest BCUT2D eigenvalue weighted by molar-refractivity contribution is 7.78. The fraction of sp³-hybridized carbons (Fsp3) is 0.300. The number of hydrogen-bond donors (Lipinski definition) is 0. The minimum absolute atomic E-state index is 0.115. The van der Waals surface area contributed by atoms with Crippen LogP contribution in [0.15, 0.2) is 17.1 Å². The highest BCUT2D eigenvalue weighted by Crippen LogP contribution is 2.32. The summed E-state index contributed by atoms with van der Waals surface area (Å²) in [4.78, 5) is 3.92. The standard InChI is InChI=1S/C10H8FNS/c11-9-4-5-10(12-6-13)8-3-1-2-7(8)9/h4-5H,1-3H2. The topological polar surface area (TPSA) is 12.4 Å². The summed E-state index contributed by atoms with van der Waals surface area (Å²) in [5, 5.41) is 2.32. The Morgan fingerprint density at radius 2 is 2.08 bits per heavy atom. The average molecular weight is 193 g/mol. The third-order valence-corrected chi connectivity index (χ3v) is 2.46. The molecule has 0 amide bonds. The number of nitrogens with zero attached hydrogens (tertiary/aromatic N) is 1. The summed E-state index contributed by atoms with van der Waals surface area (Å²) in [6.07, 6.45) is 2.74. The van der Waals surface area contributed by atoms with Crippen molar-refractivity contribution in [2.75, 3.05) is 0 Å². The minimum atomic E-state index is -0.115. The van der Waals surface area contributed by atoms with Crippen LogP contribution in [0.3, 0.4) is 0 Å². The van der Waals surface area contributed by atoms with Crippen molar-refractivity contribution >= 4 is 23.1 Å². The molecule has 1 aliphatic carbocycles. The van der Waals surface area contributed by atoms with Gasteiger partial charge in [-0.1, -0.05) is 0 Å². The molecule has 13 heavy (non-hydrogen) atoms. The Balaban J connectivity index is 2.62. The lowest BCUT2D eigenvalue weighted by Gasteiger charge is -2.02. The smallest absolute Gasteiger partial charge is 0.126 e. The summed E-state index contributed by atoms with van der Waals surface area (Å²) in [7, 11) is 0. The van der Waals surface area contributed by atoms with Crippen molar-refractivity contribution < 1.29 is 4.39 Å². The van der Waals surface area contributed by atoms with E-state index in [-0.39, 0.29) is 5.82 Å². The van der Waals surface area contributed by atoms with Gasteiger partial charge in [0, 0.05) is 0 Å². The molecule has 3 heteroatoms. The molecule has 0 aliphatic heterocycles. The quantitative estimate of drug-likeness (QED) is 0.493. The Kier molecular flexibility index (Phi) is 2.21. The molecular formula is C10H8FNS. The highest BCUT2D eigenvalue weighted by atomic mass is 32.1. The first kappa shape index (κ1) is 8.54. The lowest BCUT2D eigenvalue weighted by molar-refractivity contribution is 0.613. The van der Waals surface area contributed by atoms with Crippen LogP contribution in [0.2, 0.25) is 0 Å². The summed E-state index contributed by atoms with van der Waals surface area (Å²) < 4.78 is 13.2. The molecule has 0 saturated heterocycles. The zero-order valence-electron chi connectivity index (χ0n) is 7.01. The summed E-state index contributed by atoms with van der Waals surface area (Å²) in [5.41, 5.74) is 2.60. The number of hydrogen-bond acceptors (Lipinski definition) is 2. The van der Waals surface area contributed by atoms with Gasteiger partial charge in [0.05, 0.1) is 10.8 Å². The number of aliphatic imine (C=N–C) groups is 1. The van der Waals surface area contributed by atoms with E-state index in [4.69, 9.17) is 0 Å². The molecule has 0 N–H and O–H groups in total. The molecule has 0 fully saturated rings. The minimum Gasteiger partial charge on any atom is -0.207 e. The van der Waals surface area contributed by atoms with Gasteiger partial charge in [0.25, 0.3) is 0 Å². The molecule has 66 valence electrons. The molecule has 1 aromatic rings. The van der Waals surface area contributed by atoms with Gasteiger partial charge in [-0.3, -0.25) is 0 Å². The SMILES string of the molecule is Fc1ccc(N=C=S)c2c1CCC2. The van der Waals surface area contributed by atoms with Gasteiger partial charge in [-0.25, -0.2) is 4.39 Å². The van der Waals surface area contributed by atoms with Gasteiger partial charge in [0.2, 0.25) is 0 Å². The van der Waals surface area contributed by atoms with Gasteiger partial charge in [-0.15, -0.1) is 0 Å². The maximum Gasteiger partial charge on any atom is 0.126 e. The van der Waals surface area contributed by atoms with Crippen LogP contribution in [0.1, 0.15) is 17.5 Å². The van der Waals surface area contributed by atoms with Gasteiger partial charge < -0.3 is 0 Å². The Morgan fingerprint density at radius 3 is 2.85 bits per heavy atom. The molecule has 1 aliphatic rings. The van der Waals surface area contributed by atoms with Crippen molar-refractivity contribution in [3.8, 4) is 0 Å². The van der Waals surface area contributed by atoms with Crippen molar-refractivity contribution in [2.45, 2.75) is 19.3 Å². The second kappa shape index (κ2) is 3.36. The zero-order valence-corrected chi connectivity index (χ0v) is 7.83. The fourth-order valence-corrected chi connectivity index (χ4v) is 1.90. The third kappa shape index (κ3) is 1.41. The molecule has 0 spiro atoms. The number of rotatable bonds is 1. The first-order chi connectivity index (χ1) is 6.33.